The van der Waals surface area contributed by atoms with Gasteiger partial charge in [0.1, 0.15) is 0 Å². The van der Waals surface area contributed by atoms with Crippen LogP contribution in [0.1, 0.15) is 49.4 Å². The molecule has 2 atom stereocenters. The van der Waals surface area contributed by atoms with Gasteiger partial charge in [-0.25, -0.2) is 0 Å². The Kier molecular flexibility index (Phi) is 5.99. The average molecular weight is 331 g/mol. The van der Waals surface area contributed by atoms with Crippen molar-refractivity contribution in [3.05, 3.63) is 34.9 Å². The number of hydrogen-bond acceptors (Lipinski definition) is 3. The summed E-state index contributed by atoms with van der Waals surface area (Å²) in [5.74, 6) is -0.252. The van der Waals surface area contributed by atoms with E-state index in [1.54, 1.807) is 0 Å². The van der Waals surface area contributed by atoms with E-state index in [9.17, 15) is 9.59 Å². The summed E-state index contributed by atoms with van der Waals surface area (Å²) >= 11 is 0. The number of benzene rings is 1. The van der Waals surface area contributed by atoms with Gasteiger partial charge in [0.2, 0.25) is 11.8 Å². The topological polar surface area (TPSA) is 75.4 Å². The van der Waals surface area contributed by atoms with Gasteiger partial charge in [-0.3, -0.25) is 14.9 Å². The summed E-state index contributed by atoms with van der Waals surface area (Å²) in [6.45, 7) is 9.37. The fourth-order valence-corrected chi connectivity index (χ4v) is 3.46. The van der Waals surface area contributed by atoms with Gasteiger partial charge in [0.25, 0.3) is 0 Å². The zero-order valence-electron chi connectivity index (χ0n) is 15.1. The SMILES string of the molecule is Cc1cc(C)cc(C(C)NC(C)C(=O)N2CCC(C(N)=O)CC2)c1. The predicted molar refractivity (Wildman–Crippen MR) is 95.4 cm³/mol. The number of nitrogens with two attached hydrogens (primary N) is 1. The predicted octanol–water partition coefficient (Wildman–Crippen LogP) is 2.07. The van der Waals surface area contributed by atoms with Gasteiger partial charge in [0.05, 0.1) is 6.04 Å². The highest BCUT2D eigenvalue weighted by Crippen LogP contribution is 2.20. The van der Waals surface area contributed by atoms with Gasteiger partial charge in [-0.15, -0.1) is 0 Å². The lowest BCUT2D eigenvalue weighted by Crippen LogP contribution is -2.49. The largest absolute Gasteiger partial charge is 0.369 e. The molecule has 1 aromatic rings. The van der Waals surface area contributed by atoms with Crippen LogP contribution in [0, 0.1) is 19.8 Å². The maximum Gasteiger partial charge on any atom is 0.239 e. The van der Waals surface area contributed by atoms with Gasteiger partial charge in [-0.2, -0.15) is 0 Å². The third-order valence-corrected chi connectivity index (χ3v) is 4.82. The quantitative estimate of drug-likeness (QED) is 0.867. The number of rotatable bonds is 5. The highest BCUT2D eigenvalue weighted by molar-refractivity contribution is 5.82. The Morgan fingerprint density at radius 1 is 1.12 bits per heavy atom. The van der Waals surface area contributed by atoms with Crippen molar-refractivity contribution < 1.29 is 9.59 Å². The number of nitrogens with zero attached hydrogens (tertiary/aromatic N) is 1. The molecule has 1 aromatic carbocycles. The lowest BCUT2D eigenvalue weighted by molar-refractivity contribution is -0.136. The monoisotopic (exact) mass is 331 g/mol. The lowest BCUT2D eigenvalue weighted by Gasteiger charge is -2.33. The van der Waals surface area contributed by atoms with Gasteiger partial charge in [-0.05, 0) is 46.1 Å². The number of carbonyl (C=O) groups excluding carboxylic acids is 2. The van der Waals surface area contributed by atoms with Crippen LogP contribution in [-0.4, -0.2) is 35.8 Å². The molecule has 0 radical (unpaired) electrons. The maximum absolute atomic E-state index is 12.6. The van der Waals surface area contributed by atoms with Gasteiger partial charge < -0.3 is 10.6 Å². The zero-order valence-corrected chi connectivity index (χ0v) is 15.1. The fourth-order valence-electron chi connectivity index (χ4n) is 3.46. The molecule has 2 amide bonds. The minimum Gasteiger partial charge on any atom is -0.369 e. The van der Waals surface area contributed by atoms with Gasteiger partial charge in [-0.1, -0.05) is 29.3 Å². The molecule has 0 saturated carbocycles. The number of amides is 2. The summed E-state index contributed by atoms with van der Waals surface area (Å²) < 4.78 is 0. The van der Waals surface area contributed by atoms with Crippen LogP contribution in [0.25, 0.3) is 0 Å². The first kappa shape index (κ1) is 18.5. The molecule has 1 saturated heterocycles. The molecule has 0 bridgehead atoms. The van der Waals surface area contributed by atoms with Gasteiger partial charge >= 0.3 is 0 Å². The molecule has 2 rings (SSSR count). The molecule has 5 heteroatoms. The average Bonchev–Trinajstić information content (AvgIpc) is 2.53. The van der Waals surface area contributed by atoms with Crippen LogP contribution in [0.4, 0.5) is 0 Å². The van der Waals surface area contributed by atoms with Crippen LogP contribution in [0.5, 0.6) is 0 Å². The molecule has 1 heterocycles. The maximum atomic E-state index is 12.6. The van der Waals surface area contributed by atoms with E-state index >= 15 is 0 Å². The van der Waals surface area contributed by atoms with Crippen molar-refractivity contribution in [2.45, 2.75) is 52.6 Å². The van der Waals surface area contributed by atoms with Crippen LogP contribution in [0.3, 0.4) is 0 Å². The normalized spacial score (nSPS) is 18.2. The fraction of sp³-hybridized carbons (Fsp3) is 0.579. The van der Waals surface area contributed by atoms with E-state index in [4.69, 9.17) is 5.73 Å². The number of piperidine rings is 1. The first-order valence-corrected chi connectivity index (χ1v) is 8.70. The minimum atomic E-state index is -0.258. The van der Waals surface area contributed by atoms with E-state index in [-0.39, 0.29) is 29.8 Å². The smallest absolute Gasteiger partial charge is 0.239 e. The summed E-state index contributed by atoms with van der Waals surface area (Å²) in [5, 5.41) is 3.40. The summed E-state index contributed by atoms with van der Waals surface area (Å²) in [6.07, 6.45) is 1.33. The minimum absolute atomic E-state index is 0.0912. The van der Waals surface area contributed by atoms with E-state index in [1.807, 2.05) is 11.8 Å². The van der Waals surface area contributed by atoms with E-state index < -0.39 is 0 Å². The third kappa shape index (κ3) is 4.57. The summed E-state index contributed by atoms with van der Waals surface area (Å²) in [5.41, 5.74) is 9.00. The van der Waals surface area contributed by atoms with Crippen molar-refractivity contribution in [1.82, 2.24) is 10.2 Å². The van der Waals surface area contributed by atoms with E-state index in [2.05, 4.69) is 44.3 Å². The molecule has 132 valence electrons. The Morgan fingerprint density at radius 3 is 2.17 bits per heavy atom. The molecule has 1 fully saturated rings. The number of carbonyl (C=O) groups is 2. The van der Waals surface area contributed by atoms with E-state index in [0.717, 1.165) is 0 Å². The summed E-state index contributed by atoms with van der Waals surface area (Å²) in [6, 6.07) is 6.30. The van der Waals surface area contributed by atoms with Crippen LogP contribution in [-0.2, 0) is 9.59 Å². The molecular formula is C19H29N3O2. The van der Waals surface area contributed by atoms with Crippen molar-refractivity contribution >= 4 is 11.8 Å². The van der Waals surface area contributed by atoms with Crippen LogP contribution >= 0.6 is 0 Å². The summed E-state index contributed by atoms with van der Waals surface area (Å²) in [7, 11) is 0. The molecule has 24 heavy (non-hydrogen) atoms. The second kappa shape index (κ2) is 7.79. The molecule has 3 N–H and O–H groups in total. The highest BCUT2D eigenvalue weighted by atomic mass is 16.2. The van der Waals surface area contributed by atoms with E-state index in [1.165, 1.54) is 16.7 Å². The number of hydrogen-bond donors (Lipinski definition) is 2. The van der Waals surface area contributed by atoms with Gasteiger partial charge in [0, 0.05) is 25.0 Å². The number of likely N-dealkylation sites (tertiary alicyclic amines) is 1. The lowest BCUT2D eigenvalue weighted by atomic mass is 9.96. The molecule has 0 aliphatic carbocycles. The van der Waals surface area contributed by atoms with Crippen molar-refractivity contribution in [3.8, 4) is 0 Å². The second-order valence-electron chi connectivity index (χ2n) is 7.03. The van der Waals surface area contributed by atoms with E-state index in [0.29, 0.717) is 25.9 Å². The Morgan fingerprint density at radius 2 is 1.67 bits per heavy atom. The zero-order chi connectivity index (χ0) is 17.9. The van der Waals surface area contributed by atoms with Gasteiger partial charge in [0.15, 0.2) is 0 Å². The Labute approximate surface area is 144 Å². The first-order chi connectivity index (χ1) is 11.3. The second-order valence-corrected chi connectivity index (χ2v) is 7.03. The molecule has 1 aliphatic heterocycles. The number of nitrogens with one attached hydrogen (secondary N) is 1. The summed E-state index contributed by atoms with van der Waals surface area (Å²) in [4.78, 5) is 25.7. The standard InChI is InChI=1S/C19H29N3O2/c1-12-9-13(2)11-17(10-12)14(3)21-15(4)19(24)22-7-5-16(6-8-22)18(20)23/h9-11,14-16,21H,5-8H2,1-4H3,(H2,20,23). The molecule has 0 spiro atoms. The molecule has 0 aromatic heterocycles. The van der Waals surface area contributed by atoms with Crippen molar-refractivity contribution in [3.63, 3.8) is 0 Å². The number of primary amides is 1. The Balaban J connectivity index is 1.93. The Hall–Kier alpha value is -1.88. The molecule has 1 aliphatic rings. The van der Waals surface area contributed by atoms with Crippen LogP contribution in [0.15, 0.2) is 18.2 Å². The highest BCUT2D eigenvalue weighted by Gasteiger charge is 2.28. The van der Waals surface area contributed by atoms with Crippen molar-refractivity contribution in [2.75, 3.05) is 13.1 Å². The molecule has 5 nitrogen and oxygen atoms in total. The molecule has 2 unspecified atom stereocenters. The first-order valence-electron chi connectivity index (χ1n) is 8.70. The van der Waals surface area contributed by atoms with Crippen LogP contribution < -0.4 is 11.1 Å². The van der Waals surface area contributed by atoms with Crippen molar-refractivity contribution in [2.24, 2.45) is 11.7 Å². The third-order valence-electron chi connectivity index (χ3n) is 4.82. The Bertz CT molecular complexity index is 586. The van der Waals surface area contributed by atoms with Crippen molar-refractivity contribution in [1.29, 1.82) is 0 Å². The van der Waals surface area contributed by atoms with Crippen LogP contribution in [0.2, 0.25) is 0 Å². The molecular weight excluding hydrogens is 302 g/mol. The number of aryl methyl sites for hydroxylation is 2.